The number of hydrazine groups is 1. The lowest BCUT2D eigenvalue weighted by molar-refractivity contribution is -0.117. The predicted octanol–water partition coefficient (Wildman–Crippen LogP) is 0.906. The average Bonchev–Trinajstić information content (AvgIpc) is 3.23. The molecule has 1 fully saturated rings. The molecule has 2 aromatic rings. The number of sulfonamides is 1. The Morgan fingerprint density at radius 2 is 1.77 bits per heavy atom. The van der Waals surface area contributed by atoms with E-state index >= 15 is 0 Å². The Morgan fingerprint density at radius 1 is 1.03 bits per heavy atom. The Labute approximate surface area is 174 Å². The fourth-order valence-corrected chi connectivity index (χ4v) is 3.93. The topological polar surface area (TPSA) is 141 Å². The number of anilines is 1. The number of hydrogen-bond donors (Lipinski definition) is 4. The van der Waals surface area contributed by atoms with E-state index in [4.69, 9.17) is 19.3 Å². The van der Waals surface area contributed by atoms with Gasteiger partial charge in [0.2, 0.25) is 15.9 Å². The van der Waals surface area contributed by atoms with E-state index in [0.717, 1.165) is 0 Å². The maximum Gasteiger partial charge on any atom is 0.243 e. The Kier molecular flexibility index (Phi) is 6.46. The van der Waals surface area contributed by atoms with Gasteiger partial charge in [-0.25, -0.2) is 24.4 Å². The number of amides is 1. The number of carbonyl (C=O) groups excluding carboxylic acids is 1. The molecule has 0 aliphatic carbocycles. The molecule has 2 atom stereocenters. The fraction of sp³-hybridized carbons (Fsp3) is 0.316. The first-order valence-electron chi connectivity index (χ1n) is 9.01. The van der Waals surface area contributed by atoms with E-state index in [2.05, 4.69) is 16.2 Å². The van der Waals surface area contributed by atoms with Crippen molar-refractivity contribution >= 4 is 21.6 Å². The predicted molar refractivity (Wildman–Crippen MR) is 110 cm³/mol. The Hall–Kier alpha value is -2.86. The summed E-state index contributed by atoms with van der Waals surface area (Å²) < 4.78 is 39.2. The smallest absolute Gasteiger partial charge is 0.243 e. The normalized spacial score (nSPS) is 18.7. The summed E-state index contributed by atoms with van der Waals surface area (Å²) >= 11 is 0. The van der Waals surface area contributed by atoms with E-state index in [1.807, 2.05) is 0 Å². The van der Waals surface area contributed by atoms with Crippen LogP contribution in [-0.4, -0.2) is 41.7 Å². The molecule has 10 nitrogen and oxygen atoms in total. The van der Waals surface area contributed by atoms with E-state index < -0.39 is 16.1 Å². The quantitative estimate of drug-likeness (QED) is 0.502. The molecule has 0 saturated carbocycles. The third kappa shape index (κ3) is 4.65. The molecular formula is C19H24N4O6S. The molecule has 1 amide bonds. The molecule has 2 unspecified atom stereocenters. The van der Waals surface area contributed by atoms with Crippen LogP contribution in [0.25, 0.3) is 0 Å². The van der Waals surface area contributed by atoms with Crippen LogP contribution in [0.4, 0.5) is 5.69 Å². The van der Waals surface area contributed by atoms with Gasteiger partial charge in [0.1, 0.15) is 28.2 Å². The number of ether oxygens (including phenoxy) is 3. The van der Waals surface area contributed by atoms with Crippen LogP contribution in [0.5, 0.6) is 17.2 Å². The van der Waals surface area contributed by atoms with Crippen LogP contribution >= 0.6 is 0 Å². The lowest BCUT2D eigenvalue weighted by Crippen LogP contribution is -2.39. The van der Waals surface area contributed by atoms with Gasteiger partial charge in [-0.2, -0.15) is 0 Å². The molecule has 1 aliphatic rings. The maximum atomic E-state index is 12.7. The van der Waals surface area contributed by atoms with Crippen LogP contribution in [0.1, 0.15) is 18.0 Å². The first-order valence-corrected chi connectivity index (χ1v) is 10.6. The van der Waals surface area contributed by atoms with Gasteiger partial charge in [0, 0.05) is 12.1 Å². The molecule has 2 aromatic carbocycles. The zero-order valence-corrected chi connectivity index (χ0v) is 17.6. The van der Waals surface area contributed by atoms with Crippen LogP contribution in [-0.2, 0) is 14.8 Å². The van der Waals surface area contributed by atoms with Crippen molar-refractivity contribution in [3.63, 3.8) is 0 Å². The minimum absolute atomic E-state index is 0.111. The second-order valence-corrected chi connectivity index (χ2v) is 8.17. The number of carbonyl (C=O) groups is 1. The van der Waals surface area contributed by atoms with E-state index in [1.165, 1.54) is 26.4 Å². The summed E-state index contributed by atoms with van der Waals surface area (Å²) in [5.74, 6) is 0.968. The van der Waals surface area contributed by atoms with Crippen molar-refractivity contribution < 1.29 is 27.4 Å². The molecule has 0 bridgehead atoms. The van der Waals surface area contributed by atoms with E-state index in [0.29, 0.717) is 29.2 Å². The van der Waals surface area contributed by atoms with Crippen molar-refractivity contribution in [1.29, 1.82) is 0 Å². The summed E-state index contributed by atoms with van der Waals surface area (Å²) in [6.45, 7) is 0. The Bertz CT molecular complexity index is 1040. The van der Waals surface area contributed by atoms with Crippen molar-refractivity contribution in [2.24, 2.45) is 5.14 Å². The number of nitrogens with one attached hydrogen (secondary N) is 3. The Balaban J connectivity index is 1.73. The molecule has 11 heteroatoms. The largest absolute Gasteiger partial charge is 0.497 e. The molecule has 5 N–H and O–H groups in total. The molecule has 162 valence electrons. The van der Waals surface area contributed by atoms with Gasteiger partial charge in [0.15, 0.2) is 0 Å². The van der Waals surface area contributed by atoms with E-state index in [9.17, 15) is 13.2 Å². The molecule has 3 rings (SSSR count). The van der Waals surface area contributed by atoms with Gasteiger partial charge in [-0.15, -0.1) is 0 Å². The second-order valence-electron chi connectivity index (χ2n) is 6.64. The molecule has 0 spiro atoms. The highest BCUT2D eigenvalue weighted by Crippen LogP contribution is 2.31. The van der Waals surface area contributed by atoms with Crippen molar-refractivity contribution in [2.45, 2.75) is 23.4 Å². The standard InChI is InChI=1S/C19H24N4O6S/c1-27-12-5-6-13(17(9-12)29-3)21-19(24)15-10-14(22-23-15)11-4-7-16(28-2)18(8-11)30(20,25)26/h4-9,14-15,22-23H,10H2,1-3H3,(H,21,24)(H2,20,25,26). The van der Waals surface area contributed by atoms with Crippen molar-refractivity contribution in [2.75, 3.05) is 26.6 Å². The van der Waals surface area contributed by atoms with Gasteiger partial charge in [-0.3, -0.25) is 4.79 Å². The lowest BCUT2D eigenvalue weighted by Gasteiger charge is -2.14. The van der Waals surface area contributed by atoms with Crippen molar-refractivity contribution in [3.8, 4) is 17.2 Å². The van der Waals surface area contributed by atoms with Crippen molar-refractivity contribution in [3.05, 3.63) is 42.0 Å². The summed E-state index contributed by atoms with van der Waals surface area (Å²) in [5, 5.41) is 8.10. The SMILES string of the molecule is COc1ccc(NC(=O)C2CC(c3ccc(OC)c(S(N)(=O)=O)c3)NN2)c(OC)c1. The number of rotatable bonds is 7. The summed E-state index contributed by atoms with van der Waals surface area (Å²) in [4.78, 5) is 12.6. The van der Waals surface area contributed by atoms with E-state index in [1.54, 1.807) is 31.4 Å². The minimum atomic E-state index is -3.96. The highest BCUT2D eigenvalue weighted by molar-refractivity contribution is 7.89. The highest BCUT2D eigenvalue weighted by atomic mass is 32.2. The zero-order chi connectivity index (χ0) is 21.9. The summed E-state index contributed by atoms with van der Waals surface area (Å²) in [7, 11) is 0.456. The van der Waals surface area contributed by atoms with Gasteiger partial charge in [-0.1, -0.05) is 6.07 Å². The number of methoxy groups -OCH3 is 3. The monoisotopic (exact) mass is 436 g/mol. The third-order valence-corrected chi connectivity index (χ3v) is 5.71. The molecule has 1 aliphatic heterocycles. The van der Waals surface area contributed by atoms with Crippen LogP contribution in [0.2, 0.25) is 0 Å². The van der Waals surface area contributed by atoms with Gasteiger partial charge < -0.3 is 19.5 Å². The van der Waals surface area contributed by atoms with Crippen molar-refractivity contribution in [1.82, 2.24) is 10.9 Å². The zero-order valence-electron chi connectivity index (χ0n) is 16.8. The maximum absolute atomic E-state index is 12.7. The summed E-state index contributed by atoms with van der Waals surface area (Å²) in [6, 6.07) is 8.92. The van der Waals surface area contributed by atoms with Gasteiger partial charge in [-0.05, 0) is 36.2 Å². The average molecular weight is 436 g/mol. The molecule has 30 heavy (non-hydrogen) atoms. The first-order chi connectivity index (χ1) is 14.3. The summed E-state index contributed by atoms with van der Waals surface area (Å²) in [6.07, 6.45) is 0.390. The molecular weight excluding hydrogens is 412 g/mol. The summed E-state index contributed by atoms with van der Waals surface area (Å²) in [5.41, 5.74) is 7.11. The number of benzene rings is 2. The molecule has 0 aromatic heterocycles. The Morgan fingerprint density at radius 3 is 2.40 bits per heavy atom. The highest BCUT2D eigenvalue weighted by Gasteiger charge is 2.31. The van der Waals surface area contributed by atoms with E-state index in [-0.39, 0.29) is 22.6 Å². The molecule has 1 heterocycles. The van der Waals surface area contributed by atoms with Crippen LogP contribution < -0.4 is 35.5 Å². The third-order valence-electron chi connectivity index (χ3n) is 4.78. The fourth-order valence-electron chi connectivity index (χ4n) is 3.20. The number of nitrogens with two attached hydrogens (primary N) is 1. The van der Waals surface area contributed by atoms with Crippen LogP contribution in [0.15, 0.2) is 41.3 Å². The minimum Gasteiger partial charge on any atom is -0.497 e. The van der Waals surface area contributed by atoms with Crippen LogP contribution in [0.3, 0.4) is 0 Å². The van der Waals surface area contributed by atoms with Gasteiger partial charge >= 0.3 is 0 Å². The molecule has 1 saturated heterocycles. The number of primary sulfonamides is 1. The second kappa shape index (κ2) is 8.88. The first kappa shape index (κ1) is 21.8. The van der Waals surface area contributed by atoms with Crippen LogP contribution in [0, 0.1) is 0 Å². The lowest BCUT2D eigenvalue weighted by atomic mass is 10.0. The van der Waals surface area contributed by atoms with Gasteiger partial charge in [0.25, 0.3) is 0 Å². The number of hydrogen-bond acceptors (Lipinski definition) is 8. The molecule has 0 radical (unpaired) electrons. The van der Waals surface area contributed by atoms with Gasteiger partial charge in [0.05, 0.1) is 27.0 Å².